The van der Waals surface area contributed by atoms with E-state index in [9.17, 15) is 9.59 Å². The monoisotopic (exact) mass is 367 g/mol. The summed E-state index contributed by atoms with van der Waals surface area (Å²) in [7, 11) is 0. The normalized spacial score (nSPS) is 16.5. The maximum atomic E-state index is 12.6. The van der Waals surface area contributed by atoms with Crippen LogP contribution in [-0.4, -0.2) is 22.2 Å². The van der Waals surface area contributed by atoms with Gasteiger partial charge in [0, 0.05) is 23.0 Å². The lowest BCUT2D eigenvalue weighted by Gasteiger charge is -2.19. The average molecular weight is 368 g/mol. The van der Waals surface area contributed by atoms with Crippen molar-refractivity contribution in [2.75, 3.05) is 0 Å². The highest BCUT2D eigenvalue weighted by atomic mass is 35.5. The first-order chi connectivity index (χ1) is 12.5. The highest BCUT2D eigenvalue weighted by Crippen LogP contribution is 2.29. The summed E-state index contributed by atoms with van der Waals surface area (Å²) < 4.78 is 0. The van der Waals surface area contributed by atoms with Gasteiger partial charge in [-0.15, -0.1) is 11.6 Å². The maximum absolute atomic E-state index is 12.6. The summed E-state index contributed by atoms with van der Waals surface area (Å²) in [5.74, 6) is -0.777. The maximum Gasteiger partial charge on any atom is 0.255 e. The Hall–Kier alpha value is -2.92. The zero-order valence-electron chi connectivity index (χ0n) is 14.2. The Balaban J connectivity index is 1.81. The van der Waals surface area contributed by atoms with E-state index < -0.39 is 5.91 Å². The van der Waals surface area contributed by atoms with Gasteiger partial charge >= 0.3 is 0 Å². The molecule has 1 aliphatic carbocycles. The number of carbonyl (C=O) groups is 2. The van der Waals surface area contributed by atoms with Crippen molar-refractivity contribution in [2.24, 2.45) is 5.73 Å². The molecule has 0 saturated heterocycles. The SMILES string of the molecule is Cc1cc(C(N)=O)ccc1C(=O)NC1=CCC(Cl)C(c2ccccn2)=C1. The second-order valence-corrected chi connectivity index (χ2v) is 6.55. The van der Waals surface area contributed by atoms with Crippen molar-refractivity contribution in [3.05, 3.63) is 82.8 Å². The predicted octanol–water partition coefficient (Wildman–Crippen LogP) is 3.20. The molecule has 132 valence electrons. The van der Waals surface area contributed by atoms with Crippen molar-refractivity contribution in [3.8, 4) is 0 Å². The Morgan fingerprint density at radius 3 is 2.73 bits per heavy atom. The molecule has 26 heavy (non-hydrogen) atoms. The molecule has 6 heteroatoms. The molecule has 1 aromatic heterocycles. The number of alkyl halides is 1. The Labute approximate surface area is 156 Å². The molecule has 5 nitrogen and oxygen atoms in total. The first kappa shape index (κ1) is 17.9. The molecule has 1 unspecified atom stereocenters. The minimum atomic E-state index is -0.522. The Bertz CT molecular complexity index is 920. The van der Waals surface area contributed by atoms with Crippen LogP contribution in [0.5, 0.6) is 0 Å². The van der Waals surface area contributed by atoms with Gasteiger partial charge in [-0.05, 0) is 60.9 Å². The molecule has 0 aliphatic heterocycles. The molecule has 1 atom stereocenters. The first-order valence-corrected chi connectivity index (χ1v) is 8.58. The van der Waals surface area contributed by atoms with E-state index in [0.29, 0.717) is 28.8 Å². The number of nitrogens with two attached hydrogens (primary N) is 1. The Morgan fingerprint density at radius 2 is 2.08 bits per heavy atom. The second-order valence-electron chi connectivity index (χ2n) is 6.03. The lowest BCUT2D eigenvalue weighted by Crippen LogP contribution is -2.25. The summed E-state index contributed by atoms with van der Waals surface area (Å²) in [6.07, 6.45) is 6.03. The van der Waals surface area contributed by atoms with Crippen LogP contribution in [0.15, 0.2) is 60.4 Å². The van der Waals surface area contributed by atoms with Gasteiger partial charge in [0.1, 0.15) is 0 Å². The average Bonchev–Trinajstić information content (AvgIpc) is 2.63. The fourth-order valence-electron chi connectivity index (χ4n) is 2.80. The third-order valence-corrected chi connectivity index (χ3v) is 4.58. The number of carbonyl (C=O) groups excluding carboxylic acids is 2. The molecular formula is C20H18ClN3O2. The van der Waals surface area contributed by atoms with Gasteiger partial charge in [-0.1, -0.05) is 12.1 Å². The molecule has 0 fully saturated rings. The van der Waals surface area contributed by atoms with Crippen LogP contribution in [0.3, 0.4) is 0 Å². The minimum Gasteiger partial charge on any atom is -0.366 e. The van der Waals surface area contributed by atoms with Crippen LogP contribution in [0, 0.1) is 6.92 Å². The van der Waals surface area contributed by atoms with Crippen molar-refractivity contribution < 1.29 is 9.59 Å². The van der Waals surface area contributed by atoms with Crippen LogP contribution in [0.1, 0.15) is 38.4 Å². The molecule has 3 rings (SSSR count). The second kappa shape index (κ2) is 7.54. The summed E-state index contributed by atoms with van der Waals surface area (Å²) in [4.78, 5) is 28.2. The number of aromatic nitrogens is 1. The summed E-state index contributed by atoms with van der Waals surface area (Å²) in [6.45, 7) is 1.76. The van der Waals surface area contributed by atoms with Crippen molar-refractivity contribution in [2.45, 2.75) is 18.7 Å². The molecule has 1 aliphatic rings. The van der Waals surface area contributed by atoms with E-state index in [1.54, 1.807) is 31.3 Å². The van der Waals surface area contributed by atoms with Gasteiger partial charge in [0.25, 0.3) is 5.91 Å². The van der Waals surface area contributed by atoms with Crippen molar-refractivity contribution in [3.63, 3.8) is 0 Å². The minimum absolute atomic E-state index is 0.192. The smallest absolute Gasteiger partial charge is 0.255 e. The molecule has 1 aromatic carbocycles. The topological polar surface area (TPSA) is 85.1 Å². The number of pyridine rings is 1. The number of rotatable bonds is 4. The number of nitrogens with one attached hydrogen (secondary N) is 1. The van der Waals surface area contributed by atoms with Gasteiger partial charge in [-0.25, -0.2) is 0 Å². The fraction of sp³-hybridized carbons (Fsp3) is 0.150. The molecule has 0 saturated carbocycles. The van der Waals surface area contributed by atoms with E-state index in [2.05, 4.69) is 10.3 Å². The standard InChI is InChI=1S/C20H18ClN3O2/c1-12-10-13(19(22)25)5-7-15(12)20(26)24-14-6-8-17(21)16(11-14)18-4-2-3-9-23-18/h2-7,9-11,17H,8H2,1H3,(H2,22,25)(H,24,26). The molecule has 0 bridgehead atoms. The summed E-state index contributed by atoms with van der Waals surface area (Å²) >= 11 is 6.40. The van der Waals surface area contributed by atoms with E-state index in [4.69, 9.17) is 17.3 Å². The molecule has 2 aromatic rings. The first-order valence-electron chi connectivity index (χ1n) is 8.14. The largest absolute Gasteiger partial charge is 0.366 e. The molecule has 1 heterocycles. The van der Waals surface area contributed by atoms with Gasteiger partial charge < -0.3 is 11.1 Å². The number of primary amides is 1. The Kier molecular flexibility index (Phi) is 5.19. The number of allylic oxidation sites excluding steroid dienone is 3. The van der Waals surface area contributed by atoms with Crippen LogP contribution in [0.2, 0.25) is 0 Å². The van der Waals surface area contributed by atoms with E-state index in [0.717, 1.165) is 11.3 Å². The number of aryl methyl sites for hydroxylation is 1. The zero-order valence-corrected chi connectivity index (χ0v) is 15.0. The highest BCUT2D eigenvalue weighted by molar-refractivity contribution is 6.26. The van der Waals surface area contributed by atoms with Gasteiger partial charge in [-0.3, -0.25) is 14.6 Å². The van der Waals surface area contributed by atoms with E-state index in [-0.39, 0.29) is 11.3 Å². The van der Waals surface area contributed by atoms with Crippen LogP contribution < -0.4 is 11.1 Å². The van der Waals surface area contributed by atoms with E-state index >= 15 is 0 Å². The van der Waals surface area contributed by atoms with E-state index in [1.807, 2.05) is 30.4 Å². The molecule has 3 N–H and O–H groups in total. The summed E-state index contributed by atoms with van der Waals surface area (Å²) in [5.41, 5.74) is 9.13. The predicted molar refractivity (Wildman–Crippen MR) is 102 cm³/mol. The number of halogens is 1. The molecule has 2 amide bonds. The molecule has 0 radical (unpaired) electrons. The van der Waals surface area contributed by atoms with Crippen molar-refractivity contribution >= 4 is 29.0 Å². The van der Waals surface area contributed by atoms with Gasteiger partial charge in [0.05, 0.1) is 11.1 Å². The quantitative estimate of drug-likeness (QED) is 0.814. The zero-order chi connectivity index (χ0) is 18.7. The number of amides is 2. The number of hydrogen-bond donors (Lipinski definition) is 2. The number of benzene rings is 1. The number of hydrogen-bond acceptors (Lipinski definition) is 3. The van der Waals surface area contributed by atoms with Crippen LogP contribution in [0.4, 0.5) is 0 Å². The van der Waals surface area contributed by atoms with Gasteiger partial charge in [0.2, 0.25) is 5.91 Å². The Morgan fingerprint density at radius 1 is 1.27 bits per heavy atom. The lowest BCUT2D eigenvalue weighted by molar-refractivity contribution is 0.0962. The molecule has 0 spiro atoms. The van der Waals surface area contributed by atoms with Gasteiger partial charge in [-0.2, -0.15) is 0 Å². The fourth-order valence-corrected chi connectivity index (χ4v) is 3.06. The molecular weight excluding hydrogens is 350 g/mol. The highest BCUT2D eigenvalue weighted by Gasteiger charge is 2.20. The van der Waals surface area contributed by atoms with Gasteiger partial charge in [0.15, 0.2) is 0 Å². The number of nitrogens with zero attached hydrogens (tertiary/aromatic N) is 1. The van der Waals surface area contributed by atoms with Crippen molar-refractivity contribution in [1.29, 1.82) is 0 Å². The van der Waals surface area contributed by atoms with Crippen molar-refractivity contribution in [1.82, 2.24) is 10.3 Å². The third kappa shape index (κ3) is 3.83. The van der Waals surface area contributed by atoms with Crippen LogP contribution in [0.25, 0.3) is 5.57 Å². The van der Waals surface area contributed by atoms with E-state index in [1.165, 1.54) is 0 Å². The lowest BCUT2D eigenvalue weighted by atomic mass is 9.98. The van der Waals surface area contributed by atoms with Crippen LogP contribution in [-0.2, 0) is 0 Å². The summed E-state index contributed by atoms with van der Waals surface area (Å²) in [6, 6.07) is 10.4. The third-order valence-electron chi connectivity index (χ3n) is 4.17. The van der Waals surface area contributed by atoms with Crippen LogP contribution >= 0.6 is 11.6 Å². The summed E-state index contributed by atoms with van der Waals surface area (Å²) in [5, 5.41) is 2.70.